The zero-order chi connectivity index (χ0) is 15.3. The molecule has 0 amide bonds. The smallest absolute Gasteiger partial charge is 0.108 e. The average Bonchev–Trinajstić information content (AvgIpc) is 2.93. The second-order valence-corrected chi connectivity index (χ2v) is 5.74. The summed E-state index contributed by atoms with van der Waals surface area (Å²) in [7, 11) is 2.00. The minimum Gasteiger partial charge on any atom is -0.392 e. The van der Waals surface area contributed by atoms with E-state index in [-0.39, 0.29) is 11.5 Å². The van der Waals surface area contributed by atoms with Crippen molar-refractivity contribution >= 4 is 0 Å². The molecule has 1 unspecified atom stereocenters. The standard InChI is InChI=1S/C18H26N2O/c1-4-18(5-2,15-9-7-6-8-10-15)16(21)11-12-17-19-13-14-20(17)3/h6-10,13-14,16,21H,4-5,11-12H2,1-3H3. The van der Waals surface area contributed by atoms with Gasteiger partial charge in [0.1, 0.15) is 5.82 Å². The van der Waals surface area contributed by atoms with E-state index in [1.807, 2.05) is 30.1 Å². The molecule has 0 bridgehead atoms. The molecule has 1 heterocycles. The first kappa shape index (κ1) is 15.8. The van der Waals surface area contributed by atoms with Gasteiger partial charge in [0.05, 0.1) is 6.10 Å². The molecule has 2 aromatic rings. The van der Waals surface area contributed by atoms with Gasteiger partial charge in [-0.05, 0) is 24.8 Å². The van der Waals surface area contributed by atoms with E-state index in [1.54, 1.807) is 0 Å². The fraction of sp³-hybridized carbons (Fsp3) is 0.500. The average molecular weight is 286 g/mol. The molecule has 0 saturated carbocycles. The van der Waals surface area contributed by atoms with Crippen LogP contribution in [-0.4, -0.2) is 20.8 Å². The normalized spacial score (nSPS) is 13.3. The van der Waals surface area contributed by atoms with Gasteiger partial charge in [0.2, 0.25) is 0 Å². The van der Waals surface area contributed by atoms with Gasteiger partial charge < -0.3 is 9.67 Å². The van der Waals surface area contributed by atoms with Gasteiger partial charge in [-0.3, -0.25) is 0 Å². The predicted octanol–water partition coefficient (Wildman–Crippen LogP) is 3.47. The number of aromatic nitrogens is 2. The fourth-order valence-corrected chi connectivity index (χ4v) is 3.27. The molecule has 0 fully saturated rings. The molecule has 2 rings (SSSR count). The molecule has 3 heteroatoms. The first-order valence-corrected chi connectivity index (χ1v) is 7.83. The molecule has 1 aromatic heterocycles. The highest BCUT2D eigenvalue weighted by molar-refractivity contribution is 5.27. The SMILES string of the molecule is CCC(CC)(c1ccccc1)C(O)CCc1nccn1C. The summed E-state index contributed by atoms with van der Waals surface area (Å²) in [6, 6.07) is 10.4. The Morgan fingerprint density at radius 2 is 1.86 bits per heavy atom. The number of aliphatic hydroxyl groups is 1. The van der Waals surface area contributed by atoms with Crippen LogP contribution in [0.1, 0.15) is 44.5 Å². The van der Waals surface area contributed by atoms with Crippen molar-refractivity contribution in [3.8, 4) is 0 Å². The number of hydrogen-bond acceptors (Lipinski definition) is 2. The van der Waals surface area contributed by atoms with Gasteiger partial charge in [-0.2, -0.15) is 0 Å². The molecule has 0 aliphatic heterocycles. The number of benzene rings is 1. The third-order valence-electron chi connectivity index (χ3n) is 4.81. The van der Waals surface area contributed by atoms with E-state index in [0.29, 0.717) is 0 Å². The molecule has 1 atom stereocenters. The summed E-state index contributed by atoms with van der Waals surface area (Å²) in [6.07, 6.45) is 6.83. The maximum Gasteiger partial charge on any atom is 0.108 e. The van der Waals surface area contributed by atoms with Crippen LogP contribution in [0.2, 0.25) is 0 Å². The van der Waals surface area contributed by atoms with E-state index < -0.39 is 0 Å². The van der Waals surface area contributed by atoms with Crippen molar-refractivity contribution < 1.29 is 5.11 Å². The molecular formula is C18H26N2O. The lowest BCUT2D eigenvalue weighted by Crippen LogP contribution is -2.39. The first-order chi connectivity index (χ1) is 10.1. The third-order valence-corrected chi connectivity index (χ3v) is 4.81. The monoisotopic (exact) mass is 286 g/mol. The number of nitrogens with zero attached hydrogens (tertiary/aromatic N) is 2. The topological polar surface area (TPSA) is 38.1 Å². The zero-order valence-corrected chi connectivity index (χ0v) is 13.3. The van der Waals surface area contributed by atoms with Crippen molar-refractivity contribution in [3.63, 3.8) is 0 Å². The number of hydrogen-bond donors (Lipinski definition) is 1. The van der Waals surface area contributed by atoms with E-state index in [2.05, 4.69) is 43.1 Å². The number of imidazole rings is 1. The van der Waals surface area contributed by atoms with Gasteiger partial charge in [0, 0.05) is 31.3 Å². The van der Waals surface area contributed by atoms with Crippen LogP contribution >= 0.6 is 0 Å². The minimum absolute atomic E-state index is 0.160. The number of rotatable bonds is 7. The molecule has 0 radical (unpaired) electrons. The van der Waals surface area contributed by atoms with Crippen molar-refractivity contribution in [2.75, 3.05) is 0 Å². The highest BCUT2D eigenvalue weighted by Gasteiger charge is 2.36. The number of aliphatic hydroxyl groups excluding tert-OH is 1. The Balaban J connectivity index is 2.16. The molecule has 0 aliphatic rings. The van der Waals surface area contributed by atoms with Crippen LogP contribution in [0.3, 0.4) is 0 Å². The molecule has 114 valence electrons. The molecule has 3 nitrogen and oxygen atoms in total. The summed E-state index contributed by atoms with van der Waals surface area (Å²) in [5.74, 6) is 1.03. The number of aryl methyl sites for hydroxylation is 2. The Bertz CT molecular complexity index is 543. The van der Waals surface area contributed by atoms with Crippen molar-refractivity contribution in [1.82, 2.24) is 9.55 Å². The van der Waals surface area contributed by atoms with Crippen LogP contribution in [0.15, 0.2) is 42.7 Å². The summed E-state index contributed by atoms with van der Waals surface area (Å²) >= 11 is 0. The Labute approximate surface area is 127 Å². The Kier molecular flexibility index (Phi) is 5.18. The van der Waals surface area contributed by atoms with Crippen molar-refractivity contribution in [2.24, 2.45) is 7.05 Å². The van der Waals surface area contributed by atoms with Gasteiger partial charge in [-0.15, -0.1) is 0 Å². The van der Waals surface area contributed by atoms with Gasteiger partial charge in [-0.1, -0.05) is 44.2 Å². The maximum absolute atomic E-state index is 10.9. The molecule has 0 aliphatic carbocycles. The highest BCUT2D eigenvalue weighted by Crippen LogP contribution is 2.36. The fourth-order valence-electron chi connectivity index (χ4n) is 3.27. The third kappa shape index (κ3) is 3.18. The lowest BCUT2D eigenvalue weighted by Gasteiger charge is -2.37. The zero-order valence-electron chi connectivity index (χ0n) is 13.3. The maximum atomic E-state index is 10.9. The van der Waals surface area contributed by atoms with Gasteiger partial charge in [-0.25, -0.2) is 4.98 Å². The van der Waals surface area contributed by atoms with Crippen molar-refractivity contribution in [3.05, 3.63) is 54.1 Å². The molecule has 0 saturated heterocycles. The largest absolute Gasteiger partial charge is 0.392 e. The van der Waals surface area contributed by atoms with Crippen molar-refractivity contribution in [2.45, 2.75) is 51.0 Å². The summed E-state index contributed by atoms with van der Waals surface area (Å²) in [5, 5.41) is 10.9. The van der Waals surface area contributed by atoms with Crippen LogP contribution in [-0.2, 0) is 18.9 Å². The summed E-state index contributed by atoms with van der Waals surface area (Å²) < 4.78 is 2.02. The van der Waals surface area contributed by atoms with E-state index in [9.17, 15) is 5.11 Å². The molecule has 0 spiro atoms. The minimum atomic E-state index is -0.355. The Hall–Kier alpha value is -1.61. The van der Waals surface area contributed by atoms with Crippen LogP contribution in [0.5, 0.6) is 0 Å². The Morgan fingerprint density at radius 3 is 2.38 bits per heavy atom. The Morgan fingerprint density at radius 1 is 1.19 bits per heavy atom. The van der Waals surface area contributed by atoms with Crippen LogP contribution < -0.4 is 0 Å². The molecule has 1 N–H and O–H groups in total. The van der Waals surface area contributed by atoms with Gasteiger partial charge >= 0.3 is 0 Å². The van der Waals surface area contributed by atoms with E-state index in [4.69, 9.17) is 0 Å². The molecular weight excluding hydrogens is 260 g/mol. The lowest BCUT2D eigenvalue weighted by molar-refractivity contribution is 0.0652. The van der Waals surface area contributed by atoms with Crippen molar-refractivity contribution in [1.29, 1.82) is 0 Å². The summed E-state index contributed by atoms with van der Waals surface area (Å²) in [5.41, 5.74) is 1.08. The summed E-state index contributed by atoms with van der Waals surface area (Å²) in [6.45, 7) is 4.33. The van der Waals surface area contributed by atoms with Gasteiger partial charge in [0.25, 0.3) is 0 Å². The second kappa shape index (κ2) is 6.90. The van der Waals surface area contributed by atoms with E-state index in [0.717, 1.165) is 31.5 Å². The van der Waals surface area contributed by atoms with Crippen LogP contribution in [0.25, 0.3) is 0 Å². The van der Waals surface area contributed by atoms with Crippen LogP contribution in [0.4, 0.5) is 0 Å². The second-order valence-electron chi connectivity index (χ2n) is 5.74. The summed E-state index contributed by atoms with van der Waals surface area (Å²) in [4.78, 5) is 4.35. The van der Waals surface area contributed by atoms with Gasteiger partial charge in [0.15, 0.2) is 0 Å². The highest BCUT2D eigenvalue weighted by atomic mass is 16.3. The quantitative estimate of drug-likeness (QED) is 0.846. The predicted molar refractivity (Wildman–Crippen MR) is 86.2 cm³/mol. The molecule has 1 aromatic carbocycles. The van der Waals surface area contributed by atoms with Crippen LogP contribution in [0, 0.1) is 0 Å². The lowest BCUT2D eigenvalue weighted by atomic mass is 9.70. The molecule has 21 heavy (non-hydrogen) atoms. The van der Waals surface area contributed by atoms with E-state index >= 15 is 0 Å². The first-order valence-electron chi connectivity index (χ1n) is 7.83. The van der Waals surface area contributed by atoms with E-state index in [1.165, 1.54) is 5.56 Å².